The molecule has 0 aliphatic carbocycles. The van der Waals surface area contributed by atoms with Gasteiger partial charge in [-0.15, -0.1) is 10.2 Å². The maximum Gasteiger partial charge on any atom is 0.335 e. The molecule has 1 aromatic carbocycles. The third-order valence-corrected chi connectivity index (χ3v) is 3.07. The molecule has 1 N–H and O–H groups in total. The zero-order valence-electron chi connectivity index (χ0n) is 9.84. The number of carbonyl (C=O) groups is 1. The predicted molar refractivity (Wildman–Crippen MR) is 70.2 cm³/mol. The van der Waals surface area contributed by atoms with Gasteiger partial charge in [0, 0.05) is 18.2 Å². The largest absolute Gasteiger partial charge is 0.404 e. The van der Waals surface area contributed by atoms with Gasteiger partial charge in [-0.25, -0.2) is 4.79 Å². The number of hydrogen-bond acceptors (Lipinski definition) is 5. The van der Waals surface area contributed by atoms with Gasteiger partial charge in [-0.05, 0) is 17.7 Å². The first kappa shape index (κ1) is 11.9. The first-order valence-corrected chi connectivity index (χ1v) is 6.15. The molecule has 3 rings (SSSR count). The molecule has 0 amide bonds. The average Bonchev–Trinajstić information content (AvgIpc) is 2.85. The van der Waals surface area contributed by atoms with Gasteiger partial charge in [0.25, 0.3) is 0 Å². The van der Waals surface area contributed by atoms with Crippen molar-refractivity contribution in [3.63, 3.8) is 0 Å². The fourth-order valence-corrected chi connectivity index (χ4v) is 2.07. The Morgan fingerprint density at radius 1 is 1.26 bits per heavy atom. The molecule has 19 heavy (non-hydrogen) atoms. The molecule has 1 aliphatic rings. The van der Waals surface area contributed by atoms with Crippen molar-refractivity contribution in [2.75, 3.05) is 5.32 Å². The van der Waals surface area contributed by atoms with Gasteiger partial charge in [0.2, 0.25) is 5.88 Å². The lowest BCUT2D eigenvalue weighted by atomic mass is 10.1. The van der Waals surface area contributed by atoms with Gasteiger partial charge in [-0.2, -0.15) is 0 Å². The summed E-state index contributed by atoms with van der Waals surface area (Å²) in [6.07, 6.45) is 0.607. The number of rotatable bonds is 2. The normalized spacial score (nSPS) is 16.6. The van der Waals surface area contributed by atoms with E-state index in [0.29, 0.717) is 6.42 Å². The molecule has 6 heteroatoms. The number of benzene rings is 1. The van der Waals surface area contributed by atoms with Crippen LogP contribution in [0.1, 0.15) is 5.56 Å². The van der Waals surface area contributed by atoms with Crippen molar-refractivity contribution in [1.82, 2.24) is 10.2 Å². The summed E-state index contributed by atoms with van der Waals surface area (Å²) in [7, 11) is 0. The molecule has 1 aliphatic heterocycles. The zero-order valence-corrected chi connectivity index (χ0v) is 10.6. The van der Waals surface area contributed by atoms with Crippen LogP contribution in [0.15, 0.2) is 36.4 Å². The summed E-state index contributed by atoms with van der Waals surface area (Å²) in [5.41, 5.74) is 2.07. The number of nitrogens with zero attached hydrogens (tertiary/aromatic N) is 2. The van der Waals surface area contributed by atoms with Crippen molar-refractivity contribution in [1.29, 1.82) is 0 Å². The molecule has 0 bridgehead atoms. The number of anilines is 1. The molecule has 0 spiro atoms. The lowest BCUT2D eigenvalue weighted by molar-refractivity contribution is -0.135. The van der Waals surface area contributed by atoms with E-state index in [4.69, 9.17) is 16.3 Å². The average molecular weight is 276 g/mol. The Hall–Kier alpha value is -2.14. The van der Waals surface area contributed by atoms with E-state index < -0.39 is 6.04 Å². The van der Waals surface area contributed by atoms with Crippen LogP contribution in [0.5, 0.6) is 5.88 Å². The Labute approximate surface area is 114 Å². The topological polar surface area (TPSA) is 64.1 Å². The second kappa shape index (κ2) is 4.85. The monoisotopic (exact) mass is 275 g/mol. The van der Waals surface area contributed by atoms with E-state index >= 15 is 0 Å². The zero-order chi connectivity index (χ0) is 13.2. The van der Waals surface area contributed by atoms with Crippen LogP contribution < -0.4 is 10.1 Å². The second-order valence-electron chi connectivity index (χ2n) is 4.17. The van der Waals surface area contributed by atoms with Crippen molar-refractivity contribution in [2.24, 2.45) is 0 Å². The van der Waals surface area contributed by atoms with Crippen LogP contribution in [0.3, 0.4) is 0 Å². The molecular weight excluding hydrogens is 266 g/mol. The van der Waals surface area contributed by atoms with Crippen LogP contribution in [0.25, 0.3) is 0 Å². The summed E-state index contributed by atoms with van der Waals surface area (Å²) in [6, 6.07) is 10.4. The van der Waals surface area contributed by atoms with E-state index in [1.807, 2.05) is 24.3 Å². The fourth-order valence-electron chi connectivity index (χ4n) is 1.97. The van der Waals surface area contributed by atoms with Crippen molar-refractivity contribution in [3.8, 4) is 5.88 Å². The summed E-state index contributed by atoms with van der Waals surface area (Å²) < 4.78 is 5.15. The number of para-hydroxylation sites is 1. The van der Waals surface area contributed by atoms with E-state index in [9.17, 15) is 4.79 Å². The number of nitrogens with one attached hydrogen (secondary N) is 1. The van der Waals surface area contributed by atoms with Crippen LogP contribution in [0.2, 0.25) is 5.15 Å². The predicted octanol–water partition coefficient (Wildman–Crippen LogP) is 2.07. The third kappa shape index (κ3) is 2.51. The maximum absolute atomic E-state index is 12.0. The first-order chi connectivity index (χ1) is 9.22. The minimum Gasteiger partial charge on any atom is -0.404 e. The Bertz CT molecular complexity index is 591. The minimum absolute atomic E-state index is 0.146. The lowest BCUT2D eigenvalue weighted by Gasteiger charge is -2.09. The third-order valence-electron chi connectivity index (χ3n) is 2.87. The van der Waals surface area contributed by atoms with Gasteiger partial charge in [0.15, 0.2) is 5.15 Å². The molecule has 0 fully saturated rings. The van der Waals surface area contributed by atoms with Gasteiger partial charge in [0.05, 0.1) is 0 Å². The molecule has 96 valence electrons. The Kier molecular flexibility index (Phi) is 3.05. The van der Waals surface area contributed by atoms with Crippen molar-refractivity contribution < 1.29 is 9.53 Å². The summed E-state index contributed by atoms with van der Waals surface area (Å²) in [6.45, 7) is 0. The van der Waals surface area contributed by atoms with Gasteiger partial charge < -0.3 is 10.1 Å². The maximum atomic E-state index is 12.0. The number of ether oxygens (including phenoxy) is 1. The standard InChI is InChI=1S/C13H10ClN3O2/c14-11-5-6-12(17-16-11)19-13(18)10-7-8-3-1-2-4-9(8)15-10/h1-6,10,15H,7H2/t10-/m0/s1. The minimum atomic E-state index is -0.394. The lowest BCUT2D eigenvalue weighted by Crippen LogP contribution is -2.31. The van der Waals surface area contributed by atoms with Crippen LogP contribution in [0, 0.1) is 0 Å². The second-order valence-corrected chi connectivity index (χ2v) is 4.56. The van der Waals surface area contributed by atoms with Crippen molar-refractivity contribution >= 4 is 23.3 Å². The number of fused-ring (bicyclic) bond motifs is 1. The highest BCUT2D eigenvalue weighted by atomic mass is 35.5. The summed E-state index contributed by atoms with van der Waals surface area (Å²) in [5, 5.41) is 10.7. The van der Waals surface area contributed by atoms with Gasteiger partial charge in [-0.3, -0.25) is 0 Å². The number of carbonyl (C=O) groups excluding carboxylic acids is 1. The molecule has 0 saturated heterocycles. The molecule has 1 atom stereocenters. The highest BCUT2D eigenvalue weighted by Gasteiger charge is 2.28. The highest BCUT2D eigenvalue weighted by molar-refractivity contribution is 6.29. The van der Waals surface area contributed by atoms with Gasteiger partial charge in [-0.1, -0.05) is 29.8 Å². The van der Waals surface area contributed by atoms with Crippen LogP contribution >= 0.6 is 11.6 Å². The molecule has 0 radical (unpaired) electrons. The summed E-state index contributed by atoms with van der Waals surface area (Å²) in [5.74, 6) is -0.236. The number of halogens is 1. The molecular formula is C13H10ClN3O2. The fraction of sp³-hybridized carbons (Fsp3) is 0.154. The van der Waals surface area contributed by atoms with Crippen molar-refractivity contribution in [3.05, 3.63) is 47.1 Å². The van der Waals surface area contributed by atoms with E-state index in [2.05, 4.69) is 15.5 Å². The van der Waals surface area contributed by atoms with Crippen molar-refractivity contribution in [2.45, 2.75) is 12.5 Å². The number of aromatic nitrogens is 2. The van der Waals surface area contributed by atoms with Crippen LogP contribution in [0.4, 0.5) is 5.69 Å². The molecule has 1 aromatic heterocycles. The highest BCUT2D eigenvalue weighted by Crippen LogP contribution is 2.25. The van der Waals surface area contributed by atoms with E-state index in [1.54, 1.807) is 0 Å². The quantitative estimate of drug-likeness (QED) is 0.850. The Morgan fingerprint density at radius 2 is 2.11 bits per heavy atom. The molecule has 2 aromatic rings. The Balaban J connectivity index is 1.68. The summed E-state index contributed by atoms with van der Waals surface area (Å²) >= 11 is 5.61. The summed E-state index contributed by atoms with van der Waals surface area (Å²) in [4.78, 5) is 12.0. The van der Waals surface area contributed by atoms with E-state index in [0.717, 1.165) is 11.3 Å². The van der Waals surface area contributed by atoms with Gasteiger partial charge in [0.1, 0.15) is 6.04 Å². The molecule has 0 unspecified atom stereocenters. The molecule has 0 saturated carbocycles. The smallest absolute Gasteiger partial charge is 0.335 e. The molecule has 2 heterocycles. The van der Waals surface area contributed by atoms with Crippen LogP contribution in [-0.4, -0.2) is 22.2 Å². The van der Waals surface area contributed by atoms with E-state index in [-0.39, 0.29) is 17.0 Å². The molecule has 5 nitrogen and oxygen atoms in total. The Morgan fingerprint density at radius 3 is 2.84 bits per heavy atom. The van der Waals surface area contributed by atoms with Gasteiger partial charge >= 0.3 is 5.97 Å². The number of hydrogen-bond donors (Lipinski definition) is 1. The first-order valence-electron chi connectivity index (χ1n) is 5.78. The number of esters is 1. The SMILES string of the molecule is O=C(Oc1ccc(Cl)nn1)[C@@H]1Cc2ccccc2N1. The van der Waals surface area contributed by atoms with Crippen LogP contribution in [-0.2, 0) is 11.2 Å². The van der Waals surface area contributed by atoms with E-state index in [1.165, 1.54) is 12.1 Å².